The smallest absolute Gasteiger partial charge is 0.191 e. The quantitative estimate of drug-likeness (QED) is 0.315. The molecule has 1 aromatic heterocycles. The molecule has 1 aliphatic heterocycles. The van der Waals surface area contributed by atoms with E-state index in [0.717, 1.165) is 67.9 Å². The molecule has 1 aromatic carbocycles. The highest BCUT2D eigenvalue weighted by atomic mass is 127. The first-order chi connectivity index (χ1) is 15.6. The van der Waals surface area contributed by atoms with Gasteiger partial charge in [0.25, 0.3) is 0 Å². The molecule has 1 unspecified atom stereocenters. The van der Waals surface area contributed by atoms with Crippen molar-refractivity contribution in [3.05, 3.63) is 35.4 Å². The topological polar surface area (TPSA) is 85.6 Å². The number of hydrogen-bond donors (Lipinski definition) is 2. The van der Waals surface area contributed by atoms with Crippen LogP contribution in [0.4, 0.5) is 0 Å². The van der Waals surface area contributed by atoms with Gasteiger partial charge in [0.2, 0.25) is 0 Å². The van der Waals surface area contributed by atoms with E-state index in [1.807, 2.05) is 24.7 Å². The molecule has 2 N–H and O–H groups in total. The lowest BCUT2D eigenvalue weighted by Crippen LogP contribution is -2.51. The Balaban J connectivity index is 0.00000306. The molecule has 0 spiro atoms. The molecule has 1 fully saturated rings. The number of methoxy groups -OCH3 is 2. The monoisotopic (exact) mass is 568 g/mol. The van der Waals surface area contributed by atoms with Crippen LogP contribution in [0, 0.1) is 6.92 Å². The van der Waals surface area contributed by atoms with Crippen molar-refractivity contribution < 1.29 is 9.47 Å². The number of nitrogens with zero attached hydrogens (tertiary/aromatic N) is 4. The number of aromatic nitrogens is 3. The molecule has 0 amide bonds. The van der Waals surface area contributed by atoms with Crippen molar-refractivity contribution in [2.75, 3.05) is 27.8 Å². The fraction of sp³-hybridized carbons (Fsp3) is 0.625. The fourth-order valence-electron chi connectivity index (χ4n) is 5.15. The first-order valence-electron chi connectivity index (χ1n) is 11.7. The van der Waals surface area contributed by atoms with Crippen molar-refractivity contribution in [3.63, 3.8) is 0 Å². The number of halogens is 1. The summed E-state index contributed by atoms with van der Waals surface area (Å²) in [6.45, 7) is 3.60. The van der Waals surface area contributed by atoms with E-state index >= 15 is 0 Å². The second-order valence-electron chi connectivity index (χ2n) is 8.97. The predicted molar refractivity (Wildman–Crippen MR) is 141 cm³/mol. The molecule has 9 heteroatoms. The zero-order valence-electron chi connectivity index (χ0n) is 20.2. The zero-order valence-corrected chi connectivity index (χ0v) is 22.5. The third-order valence-electron chi connectivity index (χ3n) is 6.93. The van der Waals surface area contributed by atoms with Gasteiger partial charge >= 0.3 is 0 Å². The Morgan fingerprint density at radius 1 is 1.18 bits per heavy atom. The summed E-state index contributed by atoms with van der Waals surface area (Å²) in [7, 11) is 5.22. The number of benzene rings is 1. The first-order valence-corrected chi connectivity index (χ1v) is 11.7. The normalized spacial score (nSPS) is 19.8. The van der Waals surface area contributed by atoms with Crippen LogP contribution in [0.1, 0.15) is 55.7 Å². The van der Waals surface area contributed by atoms with Crippen molar-refractivity contribution in [2.24, 2.45) is 4.99 Å². The summed E-state index contributed by atoms with van der Waals surface area (Å²) < 4.78 is 13.1. The van der Waals surface area contributed by atoms with Gasteiger partial charge in [-0.1, -0.05) is 25.3 Å². The number of fused-ring (bicyclic) bond motifs is 1. The van der Waals surface area contributed by atoms with E-state index in [1.165, 1.54) is 24.8 Å². The average molecular weight is 569 g/mol. The lowest BCUT2D eigenvalue weighted by Gasteiger charge is -2.39. The Labute approximate surface area is 214 Å². The summed E-state index contributed by atoms with van der Waals surface area (Å²) in [6, 6.07) is 6.66. The summed E-state index contributed by atoms with van der Waals surface area (Å²) in [5.41, 5.74) is 1.36. The second-order valence-corrected chi connectivity index (χ2v) is 8.97. The van der Waals surface area contributed by atoms with Gasteiger partial charge in [-0.25, -0.2) is 9.67 Å². The number of aliphatic imine (C=N–C) groups is 1. The van der Waals surface area contributed by atoms with Crippen LogP contribution in [0.3, 0.4) is 0 Å². The van der Waals surface area contributed by atoms with Crippen molar-refractivity contribution in [1.82, 2.24) is 25.4 Å². The van der Waals surface area contributed by atoms with Gasteiger partial charge in [-0.2, -0.15) is 5.10 Å². The number of ether oxygens (including phenoxy) is 2. The third kappa shape index (κ3) is 5.73. The molecule has 1 aliphatic carbocycles. The number of hydrogen-bond acceptors (Lipinski definition) is 5. The number of rotatable bonds is 6. The second kappa shape index (κ2) is 11.4. The molecule has 33 heavy (non-hydrogen) atoms. The Kier molecular flexibility index (Phi) is 8.83. The molecule has 2 aliphatic rings. The Hall–Kier alpha value is -2.04. The minimum Gasteiger partial charge on any atom is -0.493 e. The standard InChI is InChI=1S/C24H36N6O2.HI/c1-17-27-22-11-9-19(15-30(22)29-17)28-23(25-2)26-16-24(12-6-5-7-13-24)18-8-10-20(31-3)21(14-18)32-4;/h8,10,14,19H,5-7,9,11-13,15-16H2,1-4H3,(H2,25,26,28);1H. The molecule has 1 atom stereocenters. The van der Waals surface area contributed by atoms with E-state index in [4.69, 9.17) is 9.47 Å². The molecule has 8 nitrogen and oxygen atoms in total. The molecule has 0 radical (unpaired) electrons. The predicted octanol–water partition coefficient (Wildman–Crippen LogP) is 3.60. The van der Waals surface area contributed by atoms with Gasteiger partial charge < -0.3 is 20.1 Å². The van der Waals surface area contributed by atoms with Crippen LogP contribution in [-0.2, 0) is 18.4 Å². The van der Waals surface area contributed by atoms with Gasteiger partial charge in [-0.15, -0.1) is 24.0 Å². The third-order valence-corrected chi connectivity index (χ3v) is 6.93. The van der Waals surface area contributed by atoms with Gasteiger partial charge in [0.1, 0.15) is 11.6 Å². The SMILES string of the molecule is CN=C(NCC1(c2ccc(OC)c(OC)c2)CCCCC1)NC1CCc2nc(C)nn2C1.I. The number of guanidine groups is 1. The maximum atomic E-state index is 5.60. The van der Waals surface area contributed by atoms with E-state index in [2.05, 4.69) is 37.8 Å². The highest BCUT2D eigenvalue weighted by Gasteiger charge is 2.35. The van der Waals surface area contributed by atoms with Gasteiger partial charge in [-0.3, -0.25) is 4.99 Å². The zero-order chi connectivity index (χ0) is 22.6. The number of nitrogens with one attached hydrogen (secondary N) is 2. The maximum Gasteiger partial charge on any atom is 0.191 e. The van der Waals surface area contributed by atoms with Crippen LogP contribution in [-0.4, -0.2) is 54.6 Å². The van der Waals surface area contributed by atoms with Crippen molar-refractivity contribution in [1.29, 1.82) is 0 Å². The van der Waals surface area contributed by atoms with Gasteiger partial charge in [0, 0.05) is 31.5 Å². The summed E-state index contributed by atoms with van der Waals surface area (Å²) in [5, 5.41) is 11.8. The highest BCUT2D eigenvalue weighted by Crippen LogP contribution is 2.42. The van der Waals surface area contributed by atoms with Crippen molar-refractivity contribution in [2.45, 2.75) is 69.9 Å². The summed E-state index contributed by atoms with van der Waals surface area (Å²) >= 11 is 0. The molecular weight excluding hydrogens is 531 g/mol. The van der Waals surface area contributed by atoms with E-state index in [0.29, 0.717) is 0 Å². The highest BCUT2D eigenvalue weighted by molar-refractivity contribution is 14.0. The van der Waals surface area contributed by atoms with Crippen molar-refractivity contribution in [3.8, 4) is 11.5 Å². The Morgan fingerprint density at radius 2 is 1.94 bits per heavy atom. The van der Waals surface area contributed by atoms with Crippen LogP contribution in [0.15, 0.2) is 23.2 Å². The van der Waals surface area contributed by atoms with Gasteiger partial charge in [0.15, 0.2) is 17.5 Å². The minimum atomic E-state index is 0. The van der Waals surface area contributed by atoms with Gasteiger partial charge in [-0.05, 0) is 43.9 Å². The van der Waals surface area contributed by atoms with E-state index in [1.54, 1.807) is 14.2 Å². The van der Waals surface area contributed by atoms with E-state index < -0.39 is 0 Å². The lowest BCUT2D eigenvalue weighted by molar-refractivity contribution is 0.287. The lowest BCUT2D eigenvalue weighted by atomic mass is 9.69. The van der Waals surface area contributed by atoms with Crippen LogP contribution < -0.4 is 20.1 Å². The maximum absolute atomic E-state index is 5.60. The van der Waals surface area contributed by atoms with E-state index in [9.17, 15) is 0 Å². The molecule has 0 saturated heterocycles. The van der Waals surface area contributed by atoms with Crippen LogP contribution in [0.5, 0.6) is 11.5 Å². The molecule has 2 aromatic rings. The van der Waals surface area contributed by atoms with E-state index in [-0.39, 0.29) is 35.4 Å². The summed E-state index contributed by atoms with van der Waals surface area (Å²) in [6.07, 6.45) is 8.03. The van der Waals surface area contributed by atoms with Crippen LogP contribution in [0.25, 0.3) is 0 Å². The summed E-state index contributed by atoms with van der Waals surface area (Å²) in [4.78, 5) is 9.03. The fourth-order valence-corrected chi connectivity index (χ4v) is 5.15. The Bertz CT molecular complexity index is 954. The molecule has 2 heterocycles. The minimum absolute atomic E-state index is 0. The molecule has 0 bridgehead atoms. The molecule has 182 valence electrons. The average Bonchev–Trinajstić information content (AvgIpc) is 3.21. The molecule has 1 saturated carbocycles. The summed E-state index contributed by atoms with van der Waals surface area (Å²) in [5.74, 6) is 4.34. The van der Waals surface area contributed by atoms with Gasteiger partial charge in [0.05, 0.1) is 20.8 Å². The molecule has 4 rings (SSSR count). The van der Waals surface area contributed by atoms with Crippen LogP contribution in [0.2, 0.25) is 0 Å². The largest absolute Gasteiger partial charge is 0.493 e. The first kappa shape index (κ1) is 25.6. The molecular formula is C24H37IN6O2. The van der Waals surface area contributed by atoms with Crippen LogP contribution >= 0.6 is 24.0 Å². The number of aryl methyl sites for hydroxylation is 2. The van der Waals surface area contributed by atoms with Crippen molar-refractivity contribution >= 4 is 29.9 Å². The Morgan fingerprint density at radius 3 is 2.64 bits per heavy atom.